The molecular formula is C26H42O5S2Si. The molecule has 1 fully saturated rings. The summed E-state index contributed by atoms with van der Waals surface area (Å²) in [6, 6.07) is 9.85. The van der Waals surface area contributed by atoms with Gasteiger partial charge in [0.25, 0.3) is 0 Å². The lowest BCUT2D eigenvalue weighted by molar-refractivity contribution is -0.169. The number of thioether (sulfide) groups is 2. The minimum atomic E-state index is -2.32. The van der Waals surface area contributed by atoms with Crippen LogP contribution in [0.3, 0.4) is 0 Å². The van der Waals surface area contributed by atoms with Gasteiger partial charge in [-0.25, -0.2) is 4.79 Å². The van der Waals surface area contributed by atoms with Gasteiger partial charge in [0.1, 0.15) is 6.10 Å². The third-order valence-electron chi connectivity index (χ3n) is 6.33. The van der Waals surface area contributed by atoms with Crippen LogP contribution >= 0.6 is 23.5 Å². The monoisotopic (exact) mass is 526 g/mol. The molecule has 1 aliphatic rings. The molecule has 0 aliphatic carbocycles. The predicted octanol–water partition coefficient (Wildman–Crippen LogP) is 6.84. The molecule has 192 valence electrons. The van der Waals surface area contributed by atoms with Gasteiger partial charge in [-0.3, -0.25) is 4.79 Å². The maximum Gasteiger partial charge on any atom is 0.336 e. The van der Waals surface area contributed by atoms with Crippen molar-refractivity contribution >= 4 is 43.8 Å². The Labute approximate surface area is 215 Å². The van der Waals surface area contributed by atoms with Crippen LogP contribution in [0.1, 0.15) is 66.6 Å². The largest absolute Gasteiger partial charge is 0.464 e. The molecule has 1 aromatic rings. The lowest BCUT2D eigenvalue weighted by atomic mass is 9.96. The molecule has 0 bridgehead atoms. The Morgan fingerprint density at radius 1 is 1.03 bits per heavy atom. The third-order valence-corrected chi connectivity index (χ3v) is 14.1. The predicted molar refractivity (Wildman–Crippen MR) is 146 cm³/mol. The van der Waals surface area contributed by atoms with Crippen LogP contribution in [0, 0.1) is 5.41 Å². The highest BCUT2D eigenvalue weighted by molar-refractivity contribution is 8.20. The number of hydrogen-bond acceptors (Lipinski definition) is 7. The first kappa shape index (κ1) is 29.3. The van der Waals surface area contributed by atoms with Crippen LogP contribution in [-0.2, 0) is 23.5 Å². The van der Waals surface area contributed by atoms with E-state index in [-0.39, 0.29) is 23.6 Å². The van der Waals surface area contributed by atoms with Crippen LogP contribution in [0.5, 0.6) is 0 Å². The summed E-state index contributed by atoms with van der Waals surface area (Å²) in [5.74, 6) is 0.873. The fourth-order valence-electron chi connectivity index (χ4n) is 3.25. The highest BCUT2D eigenvalue weighted by atomic mass is 32.2. The summed E-state index contributed by atoms with van der Waals surface area (Å²) >= 11 is 3.05. The van der Waals surface area contributed by atoms with Gasteiger partial charge in [-0.2, -0.15) is 0 Å². The molecular weight excluding hydrogens is 485 g/mol. The standard InChI is InChI=1S/C26H42O5S2Si/c1-10-29-23(28)26(32-17-14-18-33-26)21(30-22(27)24(2,3)4)20(19-15-12-11-13-16-19)31-34(8,9)25(5,6)7/h11-13,15-16,20-21H,10,14,17-18H2,1-9H3/t20-,21?/m1/s1. The number of rotatable bonds is 8. The van der Waals surface area contributed by atoms with Crippen molar-refractivity contribution in [2.45, 2.75) is 89.3 Å². The number of ether oxygens (including phenoxy) is 2. The number of benzene rings is 1. The van der Waals surface area contributed by atoms with Crippen LogP contribution in [-0.4, -0.2) is 48.6 Å². The Hall–Kier alpha value is -0.963. The van der Waals surface area contributed by atoms with E-state index in [1.807, 2.05) is 51.1 Å². The SMILES string of the molecule is CCOC(=O)C1(C(OC(=O)C(C)(C)C)[C@H](O[Si](C)(C)C(C)(C)C)c2ccccc2)SCCCS1. The van der Waals surface area contributed by atoms with E-state index in [4.69, 9.17) is 13.9 Å². The van der Waals surface area contributed by atoms with Crippen LogP contribution in [0.25, 0.3) is 0 Å². The molecule has 8 heteroatoms. The minimum absolute atomic E-state index is 0.0669. The van der Waals surface area contributed by atoms with Gasteiger partial charge in [0.05, 0.1) is 12.0 Å². The quantitative estimate of drug-likeness (QED) is 0.271. The Morgan fingerprint density at radius 3 is 2.06 bits per heavy atom. The van der Waals surface area contributed by atoms with E-state index in [1.54, 1.807) is 6.92 Å². The van der Waals surface area contributed by atoms with Crippen molar-refractivity contribution in [3.05, 3.63) is 35.9 Å². The summed E-state index contributed by atoms with van der Waals surface area (Å²) in [6.07, 6.45) is -0.462. The molecule has 1 saturated heterocycles. The first-order chi connectivity index (χ1) is 15.7. The fraction of sp³-hybridized carbons (Fsp3) is 0.692. The molecule has 0 saturated carbocycles. The third kappa shape index (κ3) is 6.83. The van der Waals surface area contributed by atoms with Crippen molar-refractivity contribution in [3.63, 3.8) is 0 Å². The summed E-state index contributed by atoms with van der Waals surface area (Å²) in [6.45, 7) is 18.5. The van der Waals surface area contributed by atoms with Crippen molar-refractivity contribution in [1.29, 1.82) is 0 Å². The molecule has 2 rings (SSSR count). The van der Waals surface area contributed by atoms with E-state index >= 15 is 0 Å². The lowest BCUT2D eigenvalue weighted by Gasteiger charge is -2.46. The van der Waals surface area contributed by atoms with Crippen molar-refractivity contribution in [2.75, 3.05) is 18.1 Å². The molecule has 0 N–H and O–H groups in total. The fourth-order valence-corrected chi connectivity index (χ4v) is 7.72. The van der Waals surface area contributed by atoms with Crippen molar-refractivity contribution in [2.24, 2.45) is 5.41 Å². The number of carbonyl (C=O) groups is 2. The zero-order valence-corrected chi connectivity index (χ0v) is 24.9. The van der Waals surface area contributed by atoms with Gasteiger partial charge in [-0.15, -0.1) is 23.5 Å². The summed E-state index contributed by atoms with van der Waals surface area (Å²) < 4.78 is 17.8. The van der Waals surface area contributed by atoms with Crippen molar-refractivity contribution in [1.82, 2.24) is 0 Å². The van der Waals surface area contributed by atoms with Crippen LogP contribution in [0.4, 0.5) is 0 Å². The topological polar surface area (TPSA) is 61.8 Å². The van der Waals surface area contributed by atoms with Gasteiger partial charge >= 0.3 is 11.9 Å². The minimum Gasteiger partial charge on any atom is -0.464 e. The zero-order chi connectivity index (χ0) is 25.8. The van der Waals surface area contributed by atoms with E-state index in [0.29, 0.717) is 0 Å². The second kappa shape index (κ2) is 11.4. The van der Waals surface area contributed by atoms with Gasteiger partial charge < -0.3 is 13.9 Å². The molecule has 1 aliphatic heterocycles. The summed E-state index contributed by atoms with van der Waals surface area (Å²) in [7, 11) is -2.32. The van der Waals surface area contributed by atoms with E-state index in [1.165, 1.54) is 23.5 Å². The maximum atomic E-state index is 13.6. The molecule has 0 radical (unpaired) electrons. The maximum absolute atomic E-state index is 13.6. The Bertz CT molecular complexity index is 824. The van der Waals surface area contributed by atoms with Gasteiger partial charge in [-0.1, -0.05) is 51.1 Å². The number of hydrogen-bond donors (Lipinski definition) is 0. The summed E-state index contributed by atoms with van der Waals surface area (Å²) in [5.41, 5.74) is 0.172. The van der Waals surface area contributed by atoms with Gasteiger partial charge in [-0.05, 0) is 69.3 Å². The second-order valence-corrected chi connectivity index (χ2v) is 18.9. The van der Waals surface area contributed by atoms with Gasteiger partial charge in [0.15, 0.2) is 18.5 Å². The molecule has 0 amide bonds. The number of carbonyl (C=O) groups excluding carboxylic acids is 2. The first-order valence-electron chi connectivity index (χ1n) is 12.0. The van der Waals surface area contributed by atoms with Crippen LogP contribution in [0.15, 0.2) is 30.3 Å². The summed E-state index contributed by atoms with van der Waals surface area (Å²) in [5, 5.41) is -0.0669. The van der Waals surface area contributed by atoms with Crippen LogP contribution in [0.2, 0.25) is 18.1 Å². The Morgan fingerprint density at radius 2 is 1.59 bits per heavy atom. The molecule has 1 heterocycles. The normalized spacial score (nSPS) is 18.6. The van der Waals surface area contributed by atoms with E-state index < -0.39 is 30.0 Å². The smallest absolute Gasteiger partial charge is 0.336 e. The average Bonchev–Trinajstić information content (AvgIpc) is 2.75. The summed E-state index contributed by atoms with van der Waals surface area (Å²) in [4.78, 5) is 26.9. The van der Waals surface area contributed by atoms with Gasteiger partial charge in [0.2, 0.25) is 0 Å². The van der Waals surface area contributed by atoms with Crippen molar-refractivity contribution < 1.29 is 23.5 Å². The first-order valence-corrected chi connectivity index (χ1v) is 16.9. The molecule has 2 atom stereocenters. The van der Waals surface area contributed by atoms with E-state index in [9.17, 15) is 9.59 Å². The second-order valence-electron chi connectivity index (χ2n) is 11.2. The van der Waals surface area contributed by atoms with Crippen molar-refractivity contribution in [3.8, 4) is 0 Å². The van der Waals surface area contributed by atoms with Crippen LogP contribution < -0.4 is 0 Å². The molecule has 34 heavy (non-hydrogen) atoms. The Kier molecular flexibility index (Phi) is 9.81. The molecule has 0 aromatic heterocycles. The average molecular weight is 527 g/mol. The highest BCUT2D eigenvalue weighted by Crippen LogP contribution is 2.52. The molecule has 0 spiro atoms. The Balaban J connectivity index is 2.72. The van der Waals surface area contributed by atoms with E-state index in [0.717, 1.165) is 23.5 Å². The lowest BCUT2D eigenvalue weighted by Crippen LogP contribution is -2.55. The zero-order valence-electron chi connectivity index (χ0n) is 22.2. The number of esters is 2. The molecule has 5 nitrogen and oxygen atoms in total. The van der Waals surface area contributed by atoms with Gasteiger partial charge in [0, 0.05) is 0 Å². The highest BCUT2D eigenvalue weighted by Gasteiger charge is 2.57. The van der Waals surface area contributed by atoms with E-state index in [2.05, 4.69) is 33.9 Å². The molecule has 1 aromatic carbocycles. The molecule has 1 unspecified atom stereocenters.